The molecule has 0 amide bonds. The van der Waals surface area contributed by atoms with E-state index in [0.717, 1.165) is 31.5 Å². The Labute approximate surface area is 108 Å². The molecule has 4 heteroatoms. The molecule has 1 saturated carbocycles. The van der Waals surface area contributed by atoms with Crippen molar-refractivity contribution in [2.75, 3.05) is 20.1 Å². The number of pyridine rings is 1. The number of hydrogen-bond donors (Lipinski definition) is 1. The van der Waals surface area contributed by atoms with Crippen molar-refractivity contribution in [3.8, 4) is 6.07 Å². The molecule has 18 heavy (non-hydrogen) atoms. The topological polar surface area (TPSA) is 65.9 Å². The maximum absolute atomic E-state index is 9.22. The summed E-state index contributed by atoms with van der Waals surface area (Å²) in [5, 5.41) is 9.22. The van der Waals surface area contributed by atoms with Crippen LogP contribution in [0.5, 0.6) is 0 Å². The molecule has 96 valence electrons. The van der Waals surface area contributed by atoms with Crippen LogP contribution in [0.4, 0.5) is 0 Å². The van der Waals surface area contributed by atoms with E-state index in [1.54, 1.807) is 0 Å². The molecule has 0 spiro atoms. The van der Waals surface area contributed by atoms with Crippen molar-refractivity contribution in [1.82, 2.24) is 9.88 Å². The highest BCUT2D eigenvalue weighted by molar-refractivity contribution is 5.14. The van der Waals surface area contributed by atoms with E-state index in [0.29, 0.717) is 12.5 Å². The van der Waals surface area contributed by atoms with Crippen LogP contribution in [0.25, 0.3) is 0 Å². The van der Waals surface area contributed by atoms with Crippen molar-refractivity contribution in [2.24, 2.45) is 11.7 Å². The Balaban J connectivity index is 1.82. The molecule has 4 nitrogen and oxygen atoms in total. The summed E-state index contributed by atoms with van der Waals surface area (Å²) >= 11 is 0. The molecule has 0 saturated heterocycles. The smallest absolute Gasteiger partial charge is 0.119 e. The molecule has 0 bridgehead atoms. The summed E-state index contributed by atoms with van der Waals surface area (Å²) in [6.07, 6.45) is 4.89. The highest BCUT2D eigenvalue weighted by Gasteiger charge is 2.43. The summed E-state index contributed by atoms with van der Waals surface area (Å²) in [5.41, 5.74) is 6.57. The van der Waals surface area contributed by atoms with Gasteiger partial charge in [-0.1, -0.05) is 6.07 Å². The van der Waals surface area contributed by atoms with Crippen LogP contribution in [-0.2, 0) is 6.42 Å². The number of hydrogen-bond acceptors (Lipinski definition) is 4. The highest BCUT2D eigenvalue weighted by atomic mass is 15.1. The first-order valence-corrected chi connectivity index (χ1v) is 6.42. The van der Waals surface area contributed by atoms with Crippen LogP contribution in [0.15, 0.2) is 24.4 Å². The van der Waals surface area contributed by atoms with E-state index in [9.17, 15) is 5.26 Å². The minimum Gasteiger partial charge on any atom is -0.312 e. The predicted molar refractivity (Wildman–Crippen MR) is 70.7 cm³/mol. The van der Waals surface area contributed by atoms with Gasteiger partial charge in [-0.3, -0.25) is 4.98 Å². The maximum Gasteiger partial charge on any atom is 0.119 e. The van der Waals surface area contributed by atoms with Crippen LogP contribution < -0.4 is 5.73 Å². The lowest BCUT2D eigenvalue weighted by Crippen LogP contribution is -2.50. The van der Waals surface area contributed by atoms with Crippen LogP contribution >= 0.6 is 0 Å². The third-order valence-electron chi connectivity index (χ3n) is 3.52. The van der Waals surface area contributed by atoms with E-state index >= 15 is 0 Å². The quantitative estimate of drug-likeness (QED) is 0.816. The van der Waals surface area contributed by atoms with Crippen molar-refractivity contribution in [2.45, 2.75) is 24.8 Å². The monoisotopic (exact) mass is 244 g/mol. The SMILES string of the molecule is CN(CCc1ccccn1)CC(N)(C#N)C1CC1. The lowest BCUT2D eigenvalue weighted by atomic mass is 9.96. The first kappa shape index (κ1) is 13.0. The zero-order valence-electron chi connectivity index (χ0n) is 10.8. The first-order chi connectivity index (χ1) is 8.64. The third-order valence-corrected chi connectivity index (χ3v) is 3.52. The lowest BCUT2D eigenvalue weighted by Gasteiger charge is -2.27. The average Bonchev–Trinajstić information content (AvgIpc) is 3.22. The molecule has 1 aliphatic carbocycles. The summed E-state index contributed by atoms with van der Waals surface area (Å²) < 4.78 is 0. The summed E-state index contributed by atoms with van der Waals surface area (Å²) in [4.78, 5) is 6.43. The van der Waals surface area contributed by atoms with Gasteiger partial charge in [-0.15, -0.1) is 0 Å². The van der Waals surface area contributed by atoms with Gasteiger partial charge >= 0.3 is 0 Å². The fourth-order valence-corrected chi connectivity index (χ4v) is 2.23. The van der Waals surface area contributed by atoms with E-state index < -0.39 is 5.54 Å². The second-order valence-electron chi connectivity index (χ2n) is 5.24. The van der Waals surface area contributed by atoms with E-state index in [1.165, 1.54) is 0 Å². The summed E-state index contributed by atoms with van der Waals surface area (Å²) in [6, 6.07) is 8.23. The van der Waals surface area contributed by atoms with Gasteiger partial charge in [0.05, 0.1) is 6.07 Å². The summed E-state index contributed by atoms with van der Waals surface area (Å²) in [6.45, 7) is 1.52. The minimum absolute atomic E-state index is 0.389. The number of likely N-dealkylation sites (N-methyl/N-ethyl adjacent to an activating group) is 1. The predicted octanol–water partition coefficient (Wildman–Crippen LogP) is 1.19. The molecule has 1 aromatic heterocycles. The molecule has 1 unspecified atom stereocenters. The van der Waals surface area contributed by atoms with Gasteiger partial charge in [-0.2, -0.15) is 5.26 Å². The van der Waals surface area contributed by atoms with Crippen LogP contribution in [0.1, 0.15) is 18.5 Å². The molecule has 2 rings (SSSR count). The first-order valence-electron chi connectivity index (χ1n) is 6.42. The Bertz CT molecular complexity index is 421. The van der Waals surface area contributed by atoms with Crippen LogP contribution in [-0.4, -0.2) is 35.6 Å². The van der Waals surface area contributed by atoms with Gasteiger partial charge in [0.1, 0.15) is 5.54 Å². The number of nitriles is 1. The fraction of sp³-hybridized carbons (Fsp3) is 0.571. The zero-order valence-corrected chi connectivity index (χ0v) is 10.8. The Kier molecular flexibility index (Phi) is 3.95. The minimum atomic E-state index is -0.668. The van der Waals surface area contributed by atoms with Gasteiger partial charge in [0.2, 0.25) is 0 Å². The molecule has 2 N–H and O–H groups in total. The molecule has 0 radical (unpaired) electrons. The molecule has 1 atom stereocenters. The molecule has 1 fully saturated rings. The van der Waals surface area contributed by atoms with Crippen LogP contribution in [0.2, 0.25) is 0 Å². The largest absolute Gasteiger partial charge is 0.312 e. The molecule has 1 aliphatic rings. The van der Waals surface area contributed by atoms with Crippen LogP contribution in [0.3, 0.4) is 0 Å². The Morgan fingerprint density at radius 1 is 1.56 bits per heavy atom. The molecular formula is C14H20N4. The summed E-state index contributed by atoms with van der Waals surface area (Å²) in [5.74, 6) is 0.389. The van der Waals surface area contributed by atoms with Gasteiger partial charge in [-0.25, -0.2) is 0 Å². The van der Waals surface area contributed by atoms with Gasteiger partial charge in [-0.05, 0) is 37.9 Å². The van der Waals surface area contributed by atoms with Crippen molar-refractivity contribution >= 4 is 0 Å². The van der Waals surface area contributed by atoms with Crippen molar-refractivity contribution in [3.63, 3.8) is 0 Å². The van der Waals surface area contributed by atoms with Gasteiger partial charge in [0, 0.05) is 31.4 Å². The van der Waals surface area contributed by atoms with Crippen molar-refractivity contribution < 1.29 is 0 Å². The normalized spacial score (nSPS) is 18.3. The Hall–Kier alpha value is -1.44. The van der Waals surface area contributed by atoms with Crippen molar-refractivity contribution in [3.05, 3.63) is 30.1 Å². The molecule has 0 aliphatic heterocycles. The van der Waals surface area contributed by atoms with E-state index in [1.807, 2.05) is 31.4 Å². The third kappa shape index (κ3) is 3.28. The number of nitrogens with zero attached hydrogens (tertiary/aromatic N) is 3. The van der Waals surface area contributed by atoms with E-state index in [4.69, 9.17) is 5.73 Å². The molecule has 1 heterocycles. The Morgan fingerprint density at radius 3 is 2.89 bits per heavy atom. The maximum atomic E-state index is 9.22. The number of nitrogens with two attached hydrogens (primary N) is 1. The lowest BCUT2D eigenvalue weighted by molar-refractivity contribution is 0.265. The second kappa shape index (κ2) is 5.47. The highest BCUT2D eigenvalue weighted by Crippen LogP contribution is 2.38. The molecular weight excluding hydrogens is 224 g/mol. The van der Waals surface area contributed by atoms with E-state index in [-0.39, 0.29) is 0 Å². The molecule has 0 aromatic carbocycles. The van der Waals surface area contributed by atoms with Gasteiger partial charge in [0.15, 0.2) is 0 Å². The van der Waals surface area contributed by atoms with E-state index in [2.05, 4.69) is 16.0 Å². The van der Waals surface area contributed by atoms with Gasteiger partial charge < -0.3 is 10.6 Å². The number of aromatic nitrogens is 1. The summed E-state index contributed by atoms with van der Waals surface area (Å²) in [7, 11) is 2.02. The fourth-order valence-electron chi connectivity index (χ4n) is 2.23. The standard InChI is InChI=1S/C14H20N4/c1-18(9-7-13-4-2-3-8-17-13)11-14(16,10-15)12-5-6-12/h2-4,8,12H,5-7,9,11,16H2,1H3. The zero-order chi connectivity index (χ0) is 13.0. The molecule has 1 aromatic rings. The van der Waals surface area contributed by atoms with Gasteiger partial charge in [0.25, 0.3) is 0 Å². The average molecular weight is 244 g/mol. The second-order valence-corrected chi connectivity index (χ2v) is 5.24. The van der Waals surface area contributed by atoms with Crippen LogP contribution in [0, 0.1) is 17.2 Å². The van der Waals surface area contributed by atoms with Crippen molar-refractivity contribution in [1.29, 1.82) is 5.26 Å². The number of rotatable bonds is 6. The Morgan fingerprint density at radius 2 is 2.33 bits per heavy atom.